The van der Waals surface area contributed by atoms with Crippen LogP contribution in [0.15, 0.2) is 23.1 Å². The molecule has 15 heavy (non-hydrogen) atoms. The first-order valence-electron chi connectivity index (χ1n) is 4.81. The Balaban J connectivity index is 2.70. The van der Waals surface area contributed by atoms with Crippen LogP contribution in [0.2, 0.25) is 0 Å². The van der Waals surface area contributed by atoms with Crippen LogP contribution in [0.3, 0.4) is 0 Å². The van der Waals surface area contributed by atoms with Crippen molar-refractivity contribution in [2.45, 2.75) is 18.7 Å². The van der Waals surface area contributed by atoms with Gasteiger partial charge in [-0.1, -0.05) is 22.9 Å². The fourth-order valence-corrected chi connectivity index (χ4v) is 1.81. The second kappa shape index (κ2) is 4.14. The van der Waals surface area contributed by atoms with E-state index in [1.807, 2.05) is 25.3 Å². The molecule has 2 aromatic heterocycles. The molecule has 2 heterocycles. The van der Waals surface area contributed by atoms with Crippen LogP contribution in [0.1, 0.15) is 18.1 Å². The molecule has 0 aliphatic carbocycles. The first-order valence-corrected chi connectivity index (χ1v) is 5.93. The molecule has 2 aromatic rings. The maximum absolute atomic E-state index is 11.6. The Kier molecular flexibility index (Phi) is 2.86. The number of aryl methyl sites for hydroxylation is 1. The Morgan fingerprint density at radius 1 is 1.47 bits per heavy atom. The lowest BCUT2D eigenvalue weighted by atomic mass is 10.2. The molecule has 0 aliphatic heterocycles. The molecule has 1 N–H and O–H groups in total. The first kappa shape index (κ1) is 10.4. The van der Waals surface area contributed by atoms with Crippen LogP contribution in [-0.4, -0.2) is 9.97 Å². The Morgan fingerprint density at radius 2 is 2.27 bits per heavy atom. The van der Waals surface area contributed by atoms with Crippen molar-refractivity contribution >= 4 is 27.0 Å². The topological polar surface area (TPSA) is 45.8 Å². The minimum Gasteiger partial charge on any atom is -0.320 e. The van der Waals surface area contributed by atoms with E-state index in [9.17, 15) is 4.79 Å². The molecule has 0 radical (unpaired) electrons. The van der Waals surface area contributed by atoms with Gasteiger partial charge in [0.05, 0.1) is 11.0 Å². The van der Waals surface area contributed by atoms with E-state index in [0.717, 1.165) is 33.9 Å². The Bertz CT molecular complexity index is 548. The van der Waals surface area contributed by atoms with Crippen molar-refractivity contribution in [1.82, 2.24) is 9.97 Å². The quantitative estimate of drug-likeness (QED) is 0.849. The predicted molar refractivity (Wildman–Crippen MR) is 64.4 cm³/mol. The van der Waals surface area contributed by atoms with Crippen LogP contribution in [0, 0.1) is 0 Å². The minimum atomic E-state index is -0.0153. The van der Waals surface area contributed by atoms with Gasteiger partial charge >= 0.3 is 0 Å². The maximum atomic E-state index is 11.6. The molecule has 0 amide bonds. The van der Waals surface area contributed by atoms with Crippen molar-refractivity contribution in [3.05, 3.63) is 39.8 Å². The molecule has 0 aliphatic rings. The van der Waals surface area contributed by atoms with Crippen molar-refractivity contribution in [2.24, 2.45) is 0 Å². The van der Waals surface area contributed by atoms with Gasteiger partial charge in [0, 0.05) is 17.1 Å². The van der Waals surface area contributed by atoms with Gasteiger partial charge in [0.25, 0.3) is 5.56 Å². The molecule has 4 heteroatoms. The summed E-state index contributed by atoms with van der Waals surface area (Å²) >= 11 is 3.36. The molecule has 0 saturated carbocycles. The van der Waals surface area contributed by atoms with E-state index < -0.39 is 0 Å². The lowest BCUT2D eigenvalue weighted by Crippen LogP contribution is -2.11. The van der Waals surface area contributed by atoms with Crippen LogP contribution in [0.4, 0.5) is 0 Å². The van der Waals surface area contributed by atoms with Crippen LogP contribution in [0.25, 0.3) is 11.0 Å². The van der Waals surface area contributed by atoms with E-state index in [0.29, 0.717) is 0 Å². The van der Waals surface area contributed by atoms with Gasteiger partial charge in [0.1, 0.15) is 0 Å². The standard InChI is InChI=1S/C11H11BrN2O/c1-2-8-4-9-10(14-11(8)15)3-7(5-12)6-13-9/h3-4,6H,2,5H2,1H3,(H,14,15). The number of halogens is 1. The fourth-order valence-electron chi connectivity index (χ4n) is 1.50. The van der Waals surface area contributed by atoms with E-state index in [2.05, 4.69) is 25.9 Å². The van der Waals surface area contributed by atoms with Crippen molar-refractivity contribution in [1.29, 1.82) is 0 Å². The average molecular weight is 267 g/mol. The van der Waals surface area contributed by atoms with Crippen LogP contribution in [-0.2, 0) is 11.8 Å². The summed E-state index contributed by atoms with van der Waals surface area (Å²) in [5, 5.41) is 0.744. The SMILES string of the molecule is CCc1cc2ncc(CBr)cc2[nH]c1=O. The lowest BCUT2D eigenvalue weighted by molar-refractivity contribution is 1.07. The minimum absolute atomic E-state index is 0.0153. The summed E-state index contributed by atoms with van der Waals surface area (Å²) in [6.45, 7) is 1.96. The highest BCUT2D eigenvalue weighted by atomic mass is 79.9. The number of fused-ring (bicyclic) bond motifs is 1. The first-order chi connectivity index (χ1) is 7.24. The Hall–Kier alpha value is -1.16. The van der Waals surface area contributed by atoms with Crippen molar-refractivity contribution in [3.63, 3.8) is 0 Å². The third kappa shape index (κ3) is 1.95. The average Bonchev–Trinajstić information content (AvgIpc) is 2.27. The summed E-state index contributed by atoms with van der Waals surface area (Å²) < 4.78 is 0. The van der Waals surface area contributed by atoms with Crippen LogP contribution < -0.4 is 5.56 Å². The molecule has 0 unspecified atom stereocenters. The summed E-state index contributed by atoms with van der Waals surface area (Å²) in [6, 6.07) is 3.80. The number of rotatable bonds is 2. The molecule has 3 nitrogen and oxygen atoms in total. The van der Waals surface area contributed by atoms with Gasteiger partial charge in [-0.05, 0) is 24.1 Å². The van der Waals surface area contributed by atoms with Crippen molar-refractivity contribution in [2.75, 3.05) is 0 Å². The van der Waals surface area contributed by atoms with E-state index in [-0.39, 0.29) is 5.56 Å². The predicted octanol–water partition coefficient (Wildman–Crippen LogP) is 2.38. The fraction of sp³-hybridized carbons (Fsp3) is 0.273. The third-order valence-electron chi connectivity index (χ3n) is 2.36. The second-order valence-corrected chi connectivity index (χ2v) is 3.95. The molecule has 0 spiro atoms. The number of aromatic amines is 1. The zero-order chi connectivity index (χ0) is 10.8. The van der Waals surface area contributed by atoms with E-state index in [1.165, 1.54) is 0 Å². The van der Waals surface area contributed by atoms with E-state index in [4.69, 9.17) is 0 Å². The molecule has 0 aromatic carbocycles. The zero-order valence-corrected chi connectivity index (χ0v) is 9.97. The van der Waals surface area contributed by atoms with Gasteiger partial charge in [-0.3, -0.25) is 9.78 Å². The van der Waals surface area contributed by atoms with E-state index in [1.54, 1.807) is 0 Å². The zero-order valence-electron chi connectivity index (χ0n) is 8.38. The lowest BCUT2D eigenvalue weighted by Gasteiger charge is -2.01. The summed E-state index contributed by atoms with van der Waals surface area (Å²) in [4.78, 5) is 18.7. The van der Waals surface area contributed by atoms with Crippen molar-refractivity contribution < 1.29 is 0 Å². The molecule has 0 bridgehead atoms. The molecular weight excluding hydrogens is 256 g/mol. The van der Waals surface area contributed by atoms with Crippen molar-refractivity contribution in [3.8, 4) is 0 Å². The molecule has 0 fully saturated rings. The van der Waals surface area contributed by atoms with E-state index >= 15 is 0 Å². The van der Waals surface area contributed by atoms with Gasteiger partial charge in [-0.15, -0.1) is 0 Å². The number of nitrogens with one attached hydrogen (secondary N) is 1. The monoisotopic (exact) mass is 266 g/mol. The molecule has 78 valence electrons. The Morgan fingerprint density at radius 3 is 2.93 bits per heavy atom. The molecule has 0 atom stereocenters. The third-order valence-corrected chi connectivity index (χ3v) is 3.01. The number of pyridine rings is 2. The molecular formula is C11H11BrN2O. The van der Waals surface area contributed by atoms with Crippen LogP contribution >= 0.6 is 15.9 Å². The summed E-state index contributed by atoms with van der Waals surface area (Å²) in [6.07, 6.45) is 2.54. The summed E-state index contributed by atoms with van der Waals surface area (Å²) in [7, 11) is 0. The largest absolute Gasteiger partial charge is 0.320 e. The van der Waals surface area contributed by atoms with Gasteiger partial charge in [0.15, 0.2) is 0 Å². The summed E-state index contributed by atoms with van der Waals surface area (Å²) in [5.74, 6) is 0. The maximum Gasteiger partial charge on any atom is 0.251 e. The highest BCUT2D eigenvalue weighted by Gasteiger charge is 2.02. The summed E-state index contributed by atoms with van der Waals surface area (Å²) in [5.41, 5.74) is 3.47. The van der Waals surface area contributed by atoms with Gasteiger partial charge in [-0.2, -0.15) is 0 Å². The number of H-pyrrole nitrogens is 1. The number of hydrogen-bond donors (Lipinski definition) is 1. The molecule has 0 saturated heterocycles. The highest BCUT2D eigenvalue weighted by Crippen LogP contribution is 2.12. The normalized spacial score (nSPS) is 10.8. The molecule has 2 rings (SSSR count). The number of nitrogens with zero attached hydrogens (tertiary/aromatic N) is 1. The highest BCUT2D eigenvalue weighted by molar-refractivity contribution is 9.08. The number of alkyl halides is 1. The Labute approximate surface area is 95.7 Å². The number of hydrogen-bond acceptors (Lipinski definition) is 2. The second-order valence-electron chi connectivity index (χ2n) is 3.39. The van der Waals surface area contributed by atoms with Crippen LogP contribution in [0.5, 0.6) is 0 Å². The van der Waals surface area contributed by atoms with Gasteiger partial charge in [-0.25, -0.2) is 0 Å². The van der Waals surface area contributed by atoms with Gasteiger partial charge in [0.2, 0.25) is 0 Å². The smallest absolute Gasteiger partial charge is 0.251 e. The number of aromatic nitrogens is 2. The van der Waals surface area contributed by atoms with Gasteiger partial charge < -0.3 is 4.98 Å².